The standard InChI is InChI=1S/C14H22O2/c1-10(14(2,3)4)13(15)11-6-8-12(16-5)9-7-11/h6-10,13,15H,1-5H3. The molecule has 1 aromatic carbocycles. The molecule has 0 amide bonds. The second-order valence-electron chi connectivity index (χ2n) is 5.37. The summed E-state index contributed by atoms with van der Waals surface area (Å²) in [6, 6.07) is 7.61. The quantitative estimate of drug-likeness (QED) is 0.849. The molecule has 1 aromatic rings. The Kier molecular flexibility index (Phi) is 3.98. The second-order valence-corrected chi connectivity index (χ2v) is 5.37. The molecule has 2 nitrogen and oxygen atoms in total. The summed E-state index contributed by atoms with van der Waals surface area (Å²) < 4.78 is 5.10. The number of methoxy groups -OCH3 is 1. The number of hydrogen-bond donors (Lipinski definition) is 1. The van der Waals surface area contributed by atoms with Gasteiger partial charge in [0.2, 0.25) is 0 Å². The summed E-state index contributed by atoms with van der Waals surface area (Å²) in [6.45, 7) is 8.51. The number of aliphatic hydroxyl groups is 1. The lowest BCUT2D eigenvalue weighted by Gasteiger charge is -2.31. The Morgan fingerprint density at radius 2 is 1.62 bits per heavy atom. The van der Waals surface area contributed by atoms with Crippen molar-refractivity contribution in [1.82, 2.24) is 0 Å². The van der Waals surface area contributed by atoms with Gasteiger partial charge in [-0.15, -0.1) is 0 Å². The van der Waals surface area contributed by atoms with Crippen LogP contribution in [0.5, 0.6) is 5.75 Å². The van der Waals surface area contributed by atoms with Gasteiger partial charge in [0.25, 0.3) is 0 Å². The Balaban J connectivity index is 2.84. The predicted molar refractivity (Wildman–Crippen MR) is 66.6 cm³/mol. The first-order valence-electron chi connectivity index (χ1n) is 5.68. The molecule has 2 atom stereocenters. The predicted octanol–water partition coefficient (Wildman–Crippen LogP) is 3.41. The third-order valence-electron chi connectivity index (χ3n) is 3.30. The van der Waals surface area contributed by atoms with Crippen molar-refractivity contribution in [2.75, 3.05) is 7.11 Å². The summed E-state index contributed by atoms with van der Waals surface area (Å²) in [5.41, 5.74) is 1.04. The highest BCUT2D eigenvalue weighted by Gasteiger charge is 2.27. The van der Waals surface area contributed by atoms with Gasteiger partial charge < -0.3 is 9.84 Å². The Hall–Kier alpha value is -1.02. The van der Waals surface area contributed by atoms with E-state index in [1.165, 1.54) is 0 Å². The fourth-order valence-electron chi connectivity index (χ4n) is 1.56. The molecule has 90 valence electrons. The van der Waals surface area contributed by atoms with Gasteiger partial charge in [0.05, 0.1) is 13.2 Å². The van der Waals surface area contributed by atoms with Crippen LogP contribution in [0.2, 0.25) is 0 Å². The van der Waals surface area contributed by atoms with Crippen LogP contribution in [0.25, 0.3) is 0 Å². The monoisotopic (exact) mass is 222 g/mol. The first-order valence-corrected chi connectivity index (χ1v) is 5.68. The van der Waals surface area contributed by atoms with Crippen LogP contribution in [-0.2, 0) is 0 Å². The fourth-order valence-corrected chi connectivity index (χ4v) is 1.56. The minimum absolute atomic E-state index is 0.0966. The van der Waals surface area contributed by atoms with Gasteiger partial charge in [0.1, 0.15) is 5.75 Å². The van der Waals surface area contributed by atoms with Crippen LogP contribution in [0.3, 0.4) is 0 Å². The molecule has 0 aliphatic carbocycles. The molecular formula is C14H22O2. The van der Waals surface area contributed by atoms with Crippen LogP contribution in [0, 0.1) is 11.3 Å². The lowest BCUT2D eigenvalue weighted by atomic mass is 9.77. The van der Waals surface area contributed by atoms with Crippen LogP contribution in [0.1, 0.15) is 39.4 Å². The lowest BCUT2D eigenvalue weighted by molar-refractivity contribution is 0.0535. The van der Waals surface area contributed by atoms with E-state index in [1.807, 2.05) is 24.3 Å². The van der Waals surface area contributed by atoms with Gasteiger partial charge in [-0.1, -0.05) is 39.8 Å². The molecule has 0 saturated carbocycles. The summed E-state index contributed by atoms with van der Waals surface area (Å²) in [5.74, 6) is 1.03. The summed E-state index contributed by atoms with van der Waals surface area (Å²) >= 11 is 0. The normalized spacial score (nSPS) is 15.6. The molecular weight excluding hydrogens is 200 g/mol. The topological polar surface area (TPSA) is 29.5 Å². The van der Waals surface area contributed by atoms with Crippen molar-refractivity contribution in [3.05, 3.63) is 29.8 Å². The van der Waals surface area contributed by atoms with Crippen molar-refractivity contribution in [3.8, 4) is 5.75 Å². The van der Waals surface area contributed by atoms with Gasteiger partial charge in [-0.3, -0.25) is 0 Å². The van der Waals surface area contributed by atoms with Crippen molar-refractivity contribution in [2.45, 2.75) is 33.8 Å². The van der Waals surface area contributed by atoms with Crippen molar-refractivity contribution >= 4 is 0 Å². The molecule has 0 saturated heterocycles. The number of ether oxygens (including phenoxy) is 1. The SMILES string of the molecule is COc1ccc(C(O)C(C)C(C)(C)C)cc1. The molecule has 0 radical (unpaired) electrons. The number of hydrogen-bond acceptors (Lipinski definition) is 2. The smallest absolute Gasteiger partial charge is 0.118 e. The maximum absolute atomic E-state index is 10.2. The van der Waals surface area contributed by atoms with E-state index in [2.05, 4.69) is 27.7 Å². The van der Waals surface area contributed by atoms with E-state index in [-0.39, 0.29) is 11.3 Å². The van der Waals surface area contributed by atoms with Crippen LogP contribution < -0.4 is 4.74 Å². The fraction of sp³-hybridized carbons (Fsp3) is 0.571. The molecule has 0 heterocycles. The van der Waals surface area contributed by atoms with Gasteiger partial charge in [0, 0.05) is 0 Å². The van der Waals surface area contributed by atoms with Crippen LogP contribution in [0.15, 0.2) is 24.3 Å². The van der Waals surface area contributed by atoms with Crippen molar-refractivity contribution in [1.29, 1.82) is 0 Å². The Morgan fingerprint density at radius 1 is 1.12 bits per heavy atom. The van der Waals surface area contributed by atoms with E-state index in [0.29, 0.717) is 0 Å². The highest BCUT2D eigenvalue weighted by atomic mass is 16.5. The average molecular weight is 222 g/mol. The van der Waals surface area contributed by atoms with E-state index in [4.69, 9.17) is 4.74 Å². The second kappa shape index (κ2) is 4.88. The third-order valence-corrected chi connectivity index (χ3v) is 3.30. The maximum atomic E-state index is 10.2. The molecule has 0 aliphatic rings. The minimum Gasteiger partial charge on any atom is -0.497 e. The number of aliphatic hydroxyl groups excluding tert-OH is 1. The van der Waals surface area contributed by atoms with Crippen LogP contribution in [-0.4, -0.2) is 12.2 Å². The lowest BCUT2D eigenvalue weighted by Crippen LogP contribution is -2.24. The molecule has 0 bridgehead atoms. The molecule has 2 unspecified atom stereocenters. The third kappa shape index (κ3) is 2.99. The molecule has 1 N–H and O–H groups in total. The van der Waals surface area contributed by atoms with Gasteiger partial charge in [-0.2, -0.15) is 0 Å². The molecule has 16 heavy (non-hydrogen) atoms. The Labute approximate surface area is 98.3 Å². The minimum atomic E-state index is -0.425. The Morgan fingerprint density at radius 3 is 2.00 bits per heavy atom. The van der Waals surface area contributed by atoms with Crippen LogP contribution in [0.4, 0.5) is 0 Å². The number of benzene rings is 1. The van der Waals surface area contributed by atoms with Gasteiger partial charge in [-0.25, -0.2) is 0 Å². The first kappa shape index (κ1) is 13.0. The van der Waals surface area contributed by atoms with Crippen LogP contribution >= 0.6 is 0 Å². The zero-order chi connectivity index (χ0) is 12.3. The van der Waals surface area contributed by atoms with E-state index in [9.17, 15) is 5.11 Å². The van der Waals surface area contributed by atoms with Crippen molar-refractivity contribution < 1.29 is 9.84 Å². The summed E-state index contributed by atoms with van der Waals surface area (Å²) in [4.78, 5) is 0. The number of rotatable bonds is 3. The van der Waals surface area contributed by atoms with E-state index >= 15 is 0 Å². The summed E-state index contributed by atoms with van der Waals surface area (Å²) in [6.07, 6.45) is -0.425. The Bertz CT molecular complexity index is 322. The molecule has 0 spiro atoms. The molecule has 0 fully saturated rings. The zero-order valence-electron chi connectivity index (χ0n) is 10.8. The van der Waals surface area contributed by atoms with Crippen molar-refractivity contribution in [3.63, 3.8) is 0 Å². The molecule has 0 aromatic heterocycles. The average Bonchev–Trinajstić information content (AvgIpc) is 2.26. The van der Waals surface area contributed by atoms with Gasteiger partial charge in [0.15, 0.2) is 0 Å². The first-order chi connectivity index (χ1) is 7.36. The molecule has 1 rings (SSSR count). The van der Waals surface area contributed by atoms with Gasteiger partial charge >= 0.3 is 0 Å². The van der Waals surface area contributed by atoms with Crippen molar-refractivity contribution in [2.24, 2.45) is 11.3 Å². The van der Waals surface area contributed by atoms with E-state index < -0.39 is 6.10 Å². The summed E-state index contributed by atoms with van der Waals surface area (Å²) in [7, 11) is 1.64. The molecule has 2 heteroatoms. The zero-order valence-corrected chi connectivity index (χ0v) is 10.8. The van der Waals surface area contributed by atoms with E-state index in [0.717, 1.165) is 11.3 Å². The highest BCUT2D eigenvalue weighted by Crippen LogP contribution is 2.36. The van der Waals surface area contributed by atoms with Gasteiger partial charge in [-0.05, 0) is 29.0 Å². The maximum Gasteiger partial charge on any atom is 0.118 e. The molecule has 0 aliphatic heterocycles. The highest BCUT2D eigenvalue weighted by molar-refractivity contribution is 5.28. The van der Waals surface area contributed by atoms with E-state index in [1.54, 1.807) is 7.11 Å². The largest absolute Gasteiger partial charge is 0.497 e. The summed E-state index contributed by atoms with van der Waals surface area (Å²) in [5, 5.41) is 10.2.